The number of non-ortho nitro benzene ring substituents is 1. The van der Waals surface area contributed by atoms with Crippen LogP contribution in [0.5, 0.6) is 5.75 Å². The Morgan fingerprint density at radius 1 is 1.06 bits per heavy atom. The molecule has 32 heavy (non-hydrogen) atoms. The molecule has 0 aliphatic rings. The quantitative estimate of drug-likeness (QED) is 0.271. The van der Waals surface area contributed by atoms with E-state index in [9.17, 15) is 24.1 Å². The largest absolute Gasteiger partial charge is 0.484 e. The number of carbonyl (C=O) groups is 1. The molecule has 0 saturated carbocycles. The third-order valence-electron chi connectivity index (χ3n) is 4.58. The third kappa shape index (κ3) is 4.62. The van der Waals surface area contributed by atoms with Crippen molar-refractivity contribution in [2.24, 2.45) is 0 Å². The molecule has 0 bridgehead atoms. The first-order chi connectivity index (χ1) is 15.4. The molecule has 0 fully saturated rings. The number of benzene rings is 3. The van der Waals surface area contributed by atoms with Gasteiger partial charge in [-0.05, 0) is 53.6 Å². The van der Waals surface area contributed by atoms with Crippen LogP contribution in [-0.4, -0.2) is 17.4 Å². The molecular formula is C23H15FN2O6. The molecule has 1 N–H and O–H groups in total. The Balaban J connectivity index is 1.54. The van der Waals surface area contributed by atoms with Gasteiger partial charge in [0.15, 0.2) is 6.61 Å². The van der Waals surface area contributed by atoms with Gasteiger partial charge in [-0.3, -0.25) is 14.9 Å². The van der Waals surface area contributed by atoms with E-state index in [2.05, 4.69) is 5.32 Å². The molecule has 0 aliphatic heterocycles. The molecule has 4 aromatic rings. The number of hydrogen-bond acceptors (Lipinski definition) is 6. The van der Waals surface area contributed by atoms with E-state index >= 15 is 0 Å². The number of carbonyl (C=O) groups excluding carboxylic acids is 1. The predicted molar refractivity (Wildman–Crippen MR) is 115 cm³/mol. The summed E-state index contributed by atoms with van der Waals surface area (Å²) in [6.07, 6.45) is 0. The van der Waals surface area contributed by atoms with Gasteiger partial charge in [-0.15, -0.1) is 0 Å². The molecule has 8 nitrogen and oxygen atoms in total. The minimum atomic E-state index is -0.605. The fourth-order valence-electron chi connectivity index (χ4n) is 3.15. The maximum atomic E-state index is 13.2. The van der Waals surface area contributed by atoms with Gasteiger partial charge in [0.05, 0.1) is 4.92 Å². The van der Waals surface area contributed by atoms with Gasteiger partial charge < -0.3 is 14.5 Å². The SMILES string of the molecule is O=C(COc1ccc2c(-c3ccc([N+](=O)[O-])cc3)cc(=O)oc2c1)Nc1cccc(F)c1. The van der Waals surface area contributed by atoms with Crippen molar-refractivity contribution in [3.8, 4) is 16.9 Å². The van der Waals surface area contributed by atoms with E-state index in [1.165, 1.54) is 42.5 Å². The zero-order valence-electron chi connectivity index (χ0n) is 16.4. The van der Waals surface area contributed by atoms with Crippen LogP contribution < -0.4 is 15.7 Å². The minimum absolute atomic E-state index is 0.0618. The van der Waals surface area contributed by atoms with Crippen LogP contribution in [0.15, 0.2) is 82.0 Å². The van der Waals surface area contributed by atoms with Gasteiger partial charge in [0.25, 0.3) is 11.6 Å². The molecule has 3 aromatic carbocycles. The maximum absolute atomic E-state index is 13.2. The average molecular weight is 434 g/mol. The van der Waals surface area contributed by atoms with E-state index in [0.29, 0.717) is 22.2 Å². The molecule has 160 valence electrons. The number of amides is 1. The number of fused-ring (bicyclic) bond motifs is 1. The zero-order chi connectivity index (χ0) is 22.7. The van der Waals surface area contributed by atoms with Crippen LogP contribution in [0.3, 0.4) is 0 Å². The number of rotatable bonds is 6. The number of nitrogens with zero attached hydrogens (tertiary/aromatic N) is 1. The Hall–Kier alpha value is -4.53. The summed E-state index contributed by atoms with van der Waals surface area (Å²) < 4.78 is 23.9. The Morgan fingerprint density at radius 2 is 1.84 bits per heavy atom. The molecule has 1 amide bonds. The summed E-state index contributed by atoms with van der Waals surface area (Å²) in [6.45, 7) is -0.339. The zero-order valence-corrected chi connectivity index (χ0v) is 16.4. The molecule has 0 saturated heterocycles. The molecule has 1 heterocycles. The summed E-state index contributed by atoms with van der Waals surface area (Å²) in [5.41, 5.74) is 1.02. The van der Waals surface area contributed by atoms with Crippen molar-refractivity contribution in [2.75, 3.05) is 11.9 Å². The molecule has 0 aliphatic carbocycles. The molecule has 0 atom stereocenters. The lowest BCUT2D eigenvalue weighted by molar-refractivity contribution is -0.384. The lowest BCUT2D eigenvalue weighted by atomic mass is 10.0. The van der Waals surface area contributed by atoms with E-state index in [1.54, 1.807) is 30.3 Å². The molecule has 1 aromatic heterocycles. The summed E-state index contributed by atoms with van der Waals surface area (Å²) in [5, 5.41) is 14.0. The van der Waals surface area contributed by atoms with Crippen molar-refractivity contribution in [1.82, 2.24) is 0 Å². The van der Waals surface area contributed by atoms with Gasteiger partial charge in [0.2, 0.25) is 0 Å². The highest BCUT2D eigenvalue weighted by molar-refractivity contribution is 5.94. The number of ether oxygens (including phenoxy) is 1. The van der Waals surface area contributed by atoms with Gasteiger partial charge in [-0.25, -0.2) is 9.18 Å². The Labute approximate surface area is 180 Å². The topological polar surface area (TPSA) is 112 Å². The first kappa shape index (κ1) is 20.7. The summed E-state index contributed by atoms with van der Waals surface area (Å²) in [7, 11) is 0. The van der Waals surface area contributed by atoms with Crippen molar-refractivity contribution in [3.05, 3.63) is 99.1 Å². The van der Waals surface area contributed by atoms with Crippen LogP contribution in [-0.2, 0) is 4.79 Å². The number of hydrogen-bond donors (Lipinski definition) is 1. The van der Waals surface area contributed by atoms with Crippen molar-refractivity contribution in [3.63, 3.8) is 0 Å². The van der Waals surface area contributed by atoms with Gasteiger partial charge in [-0.1, -0.05) is 6.07 Å². The van der Waals surface area contributed by atoms with Gasteiger partial charge in [-0.2, -0.15) is 0 Å². The maximum Gasteiger partial charge on any atom is 0.336 e. The van der Waals surface area contributed by atoms with Crippen molar-refractivity contribution >= 4 is 28.3 Å². The lowest BCUT2D eigenvalue weighted by Crippen LogP contribution is -2.20. The van der Waals surface area contributed by atoms with Gasteiger partial charge in [0.1, 0.15) is 17.1 Å². The first-order valence-corrected chi connectivity index (χ1v) is 9.40. The van der Waals surface area contributed by atoms with E-state index in [1.807, 2.05) is 0 Å². The highest BCUT2D eigenvalue weighted by Gasteiger charge is 2.12. The second kappa shape index (κ2) is 8.68. The lowest BCUT2D eigenvalue weighted by Gasteiger charge is -2.10. The van der Waals surface area contributed by atoms with Crippen LogP contribution in [0, 0.1) is 15.9 Å². The smallest absolute Gasteiger partial charge is 0.336 e. The Bertz CT molecular complexity index is 1380. The van der Waals surface area contributed by atoms with Crippen LogP contribution >= 0.6 is 0 Å². The normalized spacial score (nSPS) is 10.7. The molecule has 4 rings (SSSR count). The number of nitro benzene ring substituents is 1. The average Bonchev–Trinajstić information content (AvgIpc) is 2.77. The molecule has 0 spiro atoms. The van der Waals surface area contributed by atoms with Crippen LogP contribution in [0.4, 0.5) is 15.8 Å². The molecule has 9 heteroatoms. The predicted octanol–water partition coefficient (Wildman–Crippen LogP) is 4.52. The fourth-order valence-corrected chi connectivity index (χ4v) is 3.15. The summed E-state index contributed by atoms with van der Waals surface area (Å²) in [6, 6.07) is 17.3. The molecular weight excluding hydrogens is 419 g/mol. The monoisotopic (exact) mass is 434 g/mol. The van der Waals surface area contributed by atoms with Crippen molar-refractivity contribution in [2.45, 2.75) is 0 Å². The van der Waals surface area contributed by atoms with E-state index < -0.39 is 22.3 Å². The second-order valence-electron chi connectivity index (χ2n) is 6.79. The van der Waals surface area contributed by atoms with Crippen molar-refractivity contribution < 1.29 is 23.3 Å². The van der Waals surface area contributed by atoms with E-state index in [-0.39, 0.29) is 23.6 Å². The van der Waals surface area contributed by atoms with Crippen LogP contribution in [0.25, 0.3) is 22.1 Å². The highest BCUT2D eigenvalue weighted by Crippen LogP contribution is 2.30. The summed E-state index contributed by atoms with van der Waals surface area (Å²) in [5.74, 6) is -0.676. The van der Waals surface area contributed by atoms with Crippen LogP contribution in [0.2, 0.25) is 0 Å². The molecule has 0 unspecified atom stereocenters. The number of nitrogens with one attached hydrogen (secondary N) is 1. The Morgan fingerprint density at radius 3 is 2.56 bits per heavy atom. The standard InChI is InChI=1S/C23H15FN2O6/c24-15-2-1-3-16(10-15)25-22(27)13-31-18-8-9-19-20(12-23(28)32-21(19)11-18)14-4-6-17(7-5-14)26(29)30/h1-12H,13H2,(H,25,27). The minimum Gasteiger partial charge on any atom is -0.484 e. The number of anilines is 1. The fraction of sp³-hybridized carbons (Fsp3) is 0.0435. The number of nitro groups is 1. The Kier molecular flexibility index (Phi) is 5.63. The molecule has 0 radical (unpaired) electrons. The van der Waals surface area contributed by atoms with E-state index in [4.69, 9.17) is 9.15 Å². The number of halogens is 1. The van der Waals surface area contributed by atoms with Gasteiger partial charge in [0, 0.05) is 35.3 Å². The van der Waals surface area contributed by atoms with Crippen molar-refractivity contribution in [1.29, 1.82) is 0 Å². The van der Waals surface area contributed by atoms with E-state index in [0.717, 1.165) is 0 Å². The second-order valence-corrected chi connectivity index (χ2v) is 6.79. The summed E-state index contributed by atoms with van der Waals surface area (Å²) in [4.78, 5) is 34.5. The third-order valence-corrected chi connectivity index (χ3v) is 4.58. The van der Waals surface area contributed by atoms with Gasteiger partial charge >= 0.3 is 5.63 Å². The first-order valence-electron chi connectivity index (χ1n) is 9.40. The van der Waals surface area contributed by atoms with Crippen LogP contribution in [0.1, 0.15) is 0 Å². The highest BCUT2D eigenvalue weighted by atomic mass is 19.1. The summed E-state index contributed by atoms with van der Waals surface area (Å²) >= 11 is 0.